The van der Waals surface area contributed by atoms with Crippen LogP contribution >= 0.6 is 23.2 Å². The molecule has 2 fully saturated rings. The Morgan fingerprint density at radius 2 is 1.83 bits per heavy atom. The summed E-state index contributed by atoms with van der Waals surface area (Å²) in [7, 11) is 0. The second-order valence-corrected chi connectivity index (χ2v) is 8.60. The van der Waals surface area contributed by atoms with Crippen molar-refractivity contribution in [1.29, 1.82) is 5.26 Å². The van der Waals surface area contributed by atoms with Crippen LogP contribution in [0.3, 0.4) is 0 Å². The Hall–Kier alpha value is -2.06. The molecular weight excluding hydrogens is 407 g/mol. The lowest BCUT2D eigenvalue weighted by atomic mass is 9.90. The van der Waals surface area contributed by atoms with Crippen molar-refractivity contribution in [3.8, 4) is 6.07 Å². The van der Waals surface area contributed by atoms with Crippen LogP contribution in [-0.4, -0.2) is 23.5 Å². The third-order valence-corrected chi connectivity index (χ3v) is 6.04. The van der Waals surface area contributed by atoms with Crippen molar-refractivity contribution in [2.24, 2.45) is 5.92 Å². The standard InChI is InChI=1S/C23H22Cl2N2O2/c24-18-10-8-16(9-11-18)21-22(17-3-1-4-19(25)13-17)29-20(5-2-12-26)23(28)27(21)14-15-6-7-15/h1,3-4,8-11,13,15,20-22H,2,5-7,14H2/t20-,21+,22-/m1/s1. The van der Waals surface area contributed by atoms with Crippen LogP contribution in [0.15, 0.2) is 48.5 Å². The highest BCUT2D eigenvalue weighted by Crippen LogP contribution is 2.45. The molecule has 1 aliphatic heterocycles. The summed E-state index contributed by atoms with van der Waals surface area (Å²) in [6.45, 7) is 0.704. The predicted molar refractivity (Wildman–Crippen MR) is 113 cm³/mol. The molecule has 150 valence electrons. The number of hydrogen-bond acceptors (Lipinski definition) is 3. The maximum absolute atomic E-state index is 13.3. The SMILES string of the molecule is N#CCC[C@H]1O[C@H](c2cccc(Cl)c2)[C@H](c2ccc(Cl)cc2)N(CC2CC2)C1=O. The van der Waals surface area contributed by atoms with Crippen molar-refractivity contribution in [1.82, 2.24) is 4.90 Å². The lowest BCUT2D eigenvalue weighted by Crippen LogP contribution is -2.51. The summed E-state index contributed by atoms with van der Waals surface area (Å²) in [5.41, 5.74) is 1.90. The summed E-state index contributed by atoms with van der Waals surface area (Å²) in [4.78, 5) is 15.3. The van der Waals surface area contributed by atoms with Gasteiger partial charge >= 0.3 is 0 Å². The second-order valence-electron chi connectivity index (χ2n) is 7.73. The molecule has 4 rings (SSSR count). The van der Waals surface area contributed by atoms with E-state index in [4.69, 9.17) is 33.2 Å². The summed E-state index contributed by atoms with van der Waals surface area (Å²) in [6.07, 6.45) is 1.96. The number of benzene rings is 2. The second kappa shape index (κ2) is 8.75. The molecule has 1 saturated carbocycles. The van der Waals surface area contributed by atoms with E-state index >= 15 is 0 Å². The maximum atomic E-state index is 13.3. The van der Waals surface area contributed by atoms with Gasteiger partial charge in [-0.3, -0.25) is 4.79 Å². The number of amides is 1. The molecule has 3 atom stereocenters. The molecule has 29 heavy (non-hydrogen) atoms. The molecule has 2 aromatic rings. The molecule has 0 N–H and O–H groups in total. The Bertz CT molecular complexity index is 921. The highest BCUT2D eigenvalue weighted by molar-refractivity contribution is 6.30. The first-order chi connectivity index (χ1) is 14.1. The number of rotatable bonds is 6. The average molecular weight is 429 g/mol. The van der Waals surface area contributed by atoms with Gasteiger partial charge in [0.25, 0.3) is 5.91 Å². The van der Waals surface area contributed by atoms with Gasteiger partial charge in [0.2, 0.25) is 0 Å². The summed E-state index contributed by atoms with van der Waals surface area (Å²) < 4.78 is 6.34. The molecule has 2 aliphatic rings. The number of ether oxygens (including phenoxy) is 1. The quantitative estimate of drug-likeness (QED) is 0.591. The molecule has 0 aromatic heterocycles. The normalized spacial score (nSPS) is 24.4. The lowest BCUT2D eigenvalue weighted by Gasteiger charge is -2.45. The van der Waals surface area contributed by atoms with Gasteiger partial charge in [0.05, 0.1) is 12.1 Å². The number of halogens is 2. The molecule has 1 heterocycles. The Morgan fingerprint density at radius 3 is 2.48 bits per heavy atom. The average Bonchev–Trinajstić information content (AvgIpc) is 3.53. The van der Waals surface area contributed by atoms with Gasteiger partial charge in [-0.05, 0) is 60.6 Å². The fraction of sp³-hybridized carbons (Fsp3) is 0.391. The molecule has 1 saturated heterocycles. The largest absolute Gasteiger partial charge is 0.358 e. The maximum Gasteiger partial charge on any atom is 0.252 e. The topological polar surface area (TPSA) is 53.3 Å². The van der Waals surface area contributed by atoms with E-state index in [0.717, 1.165) is 24.0 Å². The molecule has 2 aromatic carbocycles. The van der Waals surface area contributed by atoms with Crippen molar-refractivity contribution in [3.63, 3.8) is 0 Å². The molecule has 0 radical (unpaired) electrons. The minimum absolute atomic E-state index is 0.0367. The van der Waals surface area contributed by atoms with E-state index in [1.165, 1.54) is 0 Å². The highest BCUT2D eigenvalue weighted by Gasteiger charge is 2.45. The fourth-order valence-electron chi connectivity index (χ4n) is 3.92. The van der Waals surface area contributed by atoms with E-state index in [9.17, 15) is 4.79 Å². The first-order valence-corrected chi connectivity index (χ1v) is 10.7. The number of nitrogens with zero attached hydrogens (tertiary/aromatic N) is 2. The number of carbonyl (C=O) groups excluding carboxylic acids is 1. The van der Waals surface area contributed by atoms with E-state index < -0.39 is 6.10 Å². The molecule has 0 spiro atoms. The van der Waals surface area contributed by atoms with Crippen molar-refractivity contribution >= 4 is 29.1 Å². The summed E-state index contributed by atoms with van der Waals surface area (Å²) in [5, 5.41) is 10.3. The van der Waals surface area contributed by atoms with Crippen LogP contribution in [0.4, 0.5) is 0 Å². The number of carbonyl (C=O) groups is 1. The van der Waals surface area contributed by atoms with E-state index in [-0.39, 0.29) is 24.5 Å². The van der Waals surface area contributed by atoms with Crippen molar-refractivity contribution in [2.45, 2.75) is 43.9 Å². The minimum Gasteiger partial charge on any atom is -0.358 e. The Labute approximate surface area is 181 Å². The first kappa shape index (κ1) is 20.2. The zero-order chi connectivity index (χ0) is 20.4. The minimum atomic E-state index is -0.624. The number of hydrogen-bond donors (Lipinski definition) is 0. The zero-order valence-corrected chi connectivity index (χ0v) is 17.4. The third kappa shape index (κ3) is 4.59. The van der Waals surface area contributed by atoms with Crippen molar-refractivity contribution < 1.29 is 9.53 Å². The van der Waals surface area contributed by atoms with Crippen LogP contribution < -0.4 is 0 Å². The smallest absolute Gasteiger partial charge is 0.252 e. The first-order valence-electron chi connectivity index (χ1n) is 9.90. The molecule has 4 nitrogen and oxygen atoms in total. The third-order valence-electron chi connectivity index (χ3n) is 5.55. The fourth-order valence-corrected chi connectivity index (χ4v) is 4.25. The van der Waals surface area contributed by atoms with Gasteiger partial charge in [-0.1, -0.05) is 47.5 Å². The van der Waals surface area contributed by atoms with Crippen molar-refractivity contribution in [3.05, 3.63) is 69.7 Å². The van der Waals surface area contributed by atoms with E-state index in [2.05, 4.69) is 6.07 Å². The Kier molecular flexibility index (Phi) is 6.10. The van der Waals surface area contributed by atoms with Gasteiger partial charge in [0.15, 0.2) is 0 Å². The van der Waals surface area contributed by atoms with Crippen LogP contribution in [0.2, 0.25) is 10.0 Å². The van der Waals surface area contributed by atoms with Crippen LogP contribution in [-0.2, 0) is 9.53 Å². The zero-order valence-electron chi connectivity index (χ0n) is 15.9. The van der Waals surface area contributed by atoms with E-state index in [1.807, 2.05) is 53.4 Å². The Balaban J connectivity index is 1.77. The molecule has 1 amide bonds. The molecule has 6 heteroatoms. The monoisotopic (exact) mass is 428 g/mol. The Morgan fingerprint density at radius 1 is 1.07 bits per heavy atom. The molecular formula is C23H22Cl2N2O2. The van der Waals surface area contributed by atoms with Gasteiger partial charge in [0, 0.05) is 23.0 Å². The molecule has 0 bridgehead atoms. The number of nitriles is 1. The summed E-state index contributed by atoms with van der Waals surface area (Å²) >= 11 is 12.4. The number of morpholine rings is 1. The van der Waals surface area contributed by atoms with Gasteiger partial charge in [0.1, 0.15) is 12.2 Å². The van der Waals surface area contributed by atoms with Crippen LogP contribution in [0.1, 0.15) is 49.0 Å². The van der Waals surface area contributed by atoms with E-state index in [0.29, 0.717) is 28.9 Å². The van der Waals surface area contributed by atoms with Crippen LogP contribution in [0, 0.1) is 17.2 Å². The van der Waals surface area contributed by atoms with Gasteiger partial charge in [-0.25, -0.2) is 0 Å². The van der Waals surface area contributed by atoms with Crippen LogP contribution in [0.25, 0.3) is 0 Å². The summed E-state index contributed by atoms with van der Waals surface area (Å²) in [6, 6.07) is 17.0. The van der Waals surface area contributed by atoms with Gasteiger partial charge in [-0.15, -0.1) is 0 Å². The van der Waals surface area contributed by atoms with E-state index in [1.54, 1.807) is 0 Å². The van der Waals surface area contributed by atoms with Gasteiger partial charge in [-0.2, -0.15) is 5.26 Å². The van der Waals surface area contributed by atoms with Gasteiger partial charge < -0.3 is 9.64 Å². The lowest BCUT2D eigenvalue weighted by molar-refractivity contribution is -0.175. The predicted octanol–water partition coefficient (Wildman–Crippen LogP) is 5.72. The van der Waals surface area contributed by atoms with Crippen molar-refractivity contribution in [2.75, 3.05) is 6.54 Å². The summed E-state index contributed by atoms with van der Waals surface area (Å²) in [5.74, 6) is 0.494. The highest BCUT2D eigenvalue weighted by atomic mass is 35.5. The molecule has 1 aliphatic carbocycles. The van der Waals surface area contributed by atoms with Crippen LogP contribution in [0.5, 0.6) is 0 Å². The molecule has 0 unspecified atom stereocenters.